The van der Waals surface area contributed by atoms with E-state index in [1.54, 1.807) is 12.1 Å². The minimum atomic E-state index is -0.797. The predicted molar refractivity (Wildman–Crippen MR) is 117 cm³/mol. The van der Waals surface area contributed by atoms with Crippen LogP contribution in [0.5, 0.6) is 0 Å². The maximum Gasteiger partial charge on any atom is 0.255 e. The van der Waals surface area contributed by atoms with Crippen molar-refractivity contribution in [1.82, 2.24) is 4.98 Å². The monoisotopic (exact) mass is 415 g/mol. The number of fused-ring (bicyclic) bond motifs is 2. The zero-order valence-electron chi connectivity index (χ0n) is 16.5. The quantitative estimate of drug-likeness (QED) is 0.439. The molecule has 1 aliphatic carbocycles. The smallest absolute Gasteiger partial charge is 0.255 e. The zero-order valence-corrected chi connectivity index (χ0v) is 16.5. The number of amides is 1. The average molecular weight is 415 g/mol. The van der Waals surface area contributed by atoms with E-state index in [0.717, 1.165) is 42.2 Å². The predicted octanol–water partition coefficient (Wildman–Crippen LogP) is 5.86. The van der Waals surface area contributed by atoms with Crippen LogP contribution in [0.1, 0.15) is 33.9 Å². The van der Waals surface area contributed by atoms with Gasteiger partial charge in [-0.15, -0.1) is 0 Å². The number of nitrogens with one attached hydrogen (secondary N) is 2. The number of aromatic nitrogens is 1. The second-order valence-corrected chi connectivity index (χ2v) is 7.62. The molecule has 4 nitrogen and oxygen atoms in total. The Morgan fingerprint density at radius 2 is 1.74 bits per heavy atom. The van der Waals surface area contributed by atoms with Gasteiger partial charge in [-0.3, -0.25) is 4.79 Å². The van der Waals surface area contributed by atoms with E-state index in [-0.39, 0.29) is 11.6 Å². The van der Waals surface area contributed by atoms with E-state index >= 15 is 0 Å². The van der Waals surface area contributed by atoms with E-state index in [1.807, 2.05) is 24.3 Å². The first-order valence-corrected chi connectivity index (χ1v) is 10.1. The number of nitrogens with zero attached hydrogens (tertiary/aromatic N) is 1. The summed E-state index contributed by atoms with van der Waals surface area (Å²) >= 11 is 0. The topological polar surface area (TPSA) is 54.0 Å². The largest absolute Gasteiger partial charge is 0.363 e. The molecule has 0 spiro atoms. The molecule has 1 amide bonds. The third-order valence-electron chi connectivity index (χ3n) is 5.56. The van der Waals surface area contributed by atoms with Crippen molar-refractivity contribution in [2.75, 3.05) is 10.6 Å². The van der Waals surface area contributed by atoms with Gasteiger partial charge in [-0.05, 0) is 60.4 Å². The Morgan fingerprint density at radius 3 is 2.58 bits per heavy atom. The van der Waals surface area contributed by atoms with Gasteiger partial charge in [-0.2, -0.15) is 0 Å². The molecule has 1 aliphatic rings. The van der Waals surface area contributed by atoms with Crippen molar-refractivity contribution in [3.8, 4) is 0 Å². The Balaban J connectivity index is 1.40. The van der Waals surface area contributed by atoms with Gasteiger partial charge in [0.25, 0.3) is 5.91 Å². The van der Waals surface area contributed by atoms with Gasteiger partial charge in [-0.25, -0.2) is 13.8 Å². The highest BCUT2D eigenvalue weighted by molar-refractivity contribution is 6.08. The van der Waals surface area contributed by atoms with Gasteiger partial charge >= 0.3 is 0 Å². The third kappa shape index (κ3) is 3.84. The van der Waals surface area contributed by atoms with Crippen molar-refractivity contribution in [2.45, 2.75) is 18.9 Å². The molecular formula is C25H19F2N3O. The molecular weight excluding hydrogens is 396 g/mol. The summed E-state index contributed by atoms with van der Waals surface area (Å²) < 4.78 is 26.9. The first-order chi connectivity index (χ1) is 15.1. The highest BCUT2D eigenvalue weighted by Crippen LogP contribution is 2.34. The standard InChI is InChI=1S/C25H19F2N3O/c26-17-12-16(13-18(27)14-17)25(31)30-22-7-3-6-21-20(22)9-11-24(28-21)29-23-10-8-15-4-1-2-5-19(15)23/h1-7,9,11-14,23H,8,10H2,(H,28,29)(H,30,31). The molecule has 4 aromatic rings. The fraction of sp³-hybridized carbons (Fsp3) is 0.120. The molecule has 31 heavy (non-hydrogen) atoms. The van der Waals surface area contributed by atoms with E-state index in [2.05, 4.69) is 28.8 Å². The molecule has 6 heteroatoms. The summed E-state index contributed by atoms with van der Waals surface area (Å²) in [4.78, 5) is 17.2. The van der Waals surface area contributed by atoms with E-state index in [4.69, 9.17) is 4.98 Å². The number of anilines is 2. The number of hydrogen-bond acceptors (Lipinski definition) is 3. The number of hydrogen-bond donors (Lipinski definition) is 2. The van der Waals surface area contributed by atoms with Crippen LogP contribution in [0.25, 0.3) is 10.9 Å². The minimum absolute atomic E-state index is 0.0827. The average Bonchev–Trinajstić information content (AvgIpc) is 3.16. The molecule has 0 fully saturated rings. The molecule has 0 radical (unpaired) electrons. The van der Waals surface area contributed by atoms with Crippen molar-refractivity contribution in [3.63, 3.8) is 0 Å². The molecule has 1 heterocycles. The summed E-state index contributed by atoms with van der Waals surface area (Å²) in [5.74, 6) is -1.43. The fourth-order valence-corrected chi connectivity index (χ4v) is 4.11. The molecule has 0 bridgehead atoms. The molecule has 0 aliphatic heterocycles. The summed E-state index contributed by atoms with van der Waals surface area (Å²) in [6.07, 6.45) is 2.05. The second-order valence-electron chi connectivity index (χ2n) is 7.62. The lowest BCUT2D eigenvalue weighted by Gasteiger charge is -2.16. The Bertz CT molecular complexity index is 1280. The molecule has 154 valence electrons. The van der Waals surface area contributed by atoms with E-state index in [0.29, 0.717) is 11.2 Å². The third-order valence-corrected chi connectivity index (χ3v) is 5.56. The normalized spacial score (nSPS) is 15.0. The summed E-state index contributed by atoms with van der Waals surface area (Å²) in [5.41, 5.74) is 3.81. The van der Waals surface area contributed by atoms with Crippen molar-refractivity contribution in [2.24, 2.45) is 0 Å². The molecule has 0 saturated heterocycles. The zero-order chi connectivity index (χ0) is 21.4. The molecule has 0 saturated carbocycles. The van der Waals surface area contributed by atoms with E-state index < -0.39 is 17.5 Å². The maximum absolute atomic E-state index is 13.4. The highest BCUT2D eigenvalue weighted by Gasteiger charge is 2.22. The number of benzene rings is 3. The Labute approximate surface area is 177 Å². The fourth-order valence-electron chi connectivity index (χ4n) is 4.11. The van der Waals surface area contributed by atoms with Crippen LogP contribution < -0.4 is 10.6 Å². The lowest BCUT2D eigenvalue weighted by atomic mass is 10.1. The van der Waals surface area contributed by atoms with Crippen molar-refractivity contribution in [1.29, 1.82) is 0 Å². The summed E-state index contributed by atoms with van der Waals surface area (Å²) in [6.45, 7) is 0. The van der Waals surface area contributed by atoms with Gasteiger partial charge in [0, 0.05) is 17.0 Å². The van der Waals surface area contributed by atoms with Crippen LogP contribution in [0.4, 0.5) is 20.3 Å². The van der Waals surface area contributed by atoms with Gasteiger partial charge in [0.15, 0.2) is 0 Å². The minimum Gasteiger partial charge on any atom is -0.363 e. The molecule has 1 unspecified atom stereocenters. The van der Waals surface area contributed by atoms with Crippen molar-refractivity contribution >= 4 is 28.3 Å². The van der Waals surface area contributed by atoms with Gasteiger partial charge in [-0.1, -0.05) is 30.3 Å². The van der Waals surface area contributed by atoms with Gasteiger partial charge in [0.1, 0.15) is 17.5 Å². The molecule has 5 rings (SSSR count). The van der Waals surface area contributed by atoms with Gasteiger partial charge < -0.3 is 10.6 Å². The number of pyridine rings is 1. The van der Waals surface area contributed by atoms with Crippen molar-refractivity contribution in [3.05, 3.63) is 101 Å². The van der Waals surface area contributed by atoms with Crippen LogP contribution in [0.3, 0.4) is 0 Å². The summed E-state index contributed by atoms with van der Waals surface area (Å²) in [7, 11) is 0. The van der Waals surface area contributed by atoms with Crippen LogP contribution in [-0.2, 0) is 6.42 Å². The molecule has 1 atom stereocenters. The first kappa shape index (κ1) is 19.2. The Kier molecular flexibility index (Phi) is 4.82. The summed E-state index contributed by atoms with van der Waals surface area (Å²) in [5, 5.41) is 6.98. The van der Waals surface area contributed by atoms with E-state index in [9.17, 15) is 13.6 Å². The van der Waals surface area contributed by atoms with Crippen LogP contribution in [0.15, 0.2) is 72.8 Å². The second kappa shape index (κ2) is 7.80. The number of carbonyl (C=O) groups is 1. The van der Waals surface area contributed by atoms with Crippen LogP contribution >= 0.6 is 0 Å². The maximum atomic E-state index is 13.4. The number of aryl methyl sites for hydroxylation is 1. The Hall–Kier alpha value is -3.80. The Morgan fingerprint density at radius 1 is 0.935 bits per heavy atom. The van der Waals surface area contributed by atoms with Crippen LogP contribution in [0, 0.1) is 11.6 Å². The van der Waals surface area contributed by atoms with Crippen LogP contribution in [-0.4, -0.2) is 10.9 Å². The van der Waals surface area contributed by atoms with Crippen molar-refractivity contribution < 1.29 is 13.6 Å². The SMILES string of the molecule is O=C(Nc1cccc2nc(NC3CCc4ccccc43)ccc12)c1cc(F)cc(F)c1. The number of rotatable bonds is 4. The van der Waals surface area contributed by atoms with Gasteiger partial charge in [0.2, 0.25) is 0 Å². The highest BCUT2D eigenvalue weighted by atomic mass is 19.1. The molecule has 1 aromatic heterocycles. The number of halogens is 2. The lowest BCUT2D eigenvalue weighted by Crippen LogP contribution is -2.13. The van der Waals surface area contributed by atoms with E-state index in [1.165, 1.54) is 11.1 Å². The first-order valence-electron chi connectivity index (χ1n) is 10.1. The number of carbonyl (C=O) groups excluding carboxylic acids is 1. The molecule has 2 N–H and O–H groups in total. The molecule has 3 aromatic carbocycles. The van der Waals surface area contributed by atoms with Crippen LogP contribution in [0.2, 0.25) is 0 Å². The lowest BCUT2D eigenvalue weighted by molar-refractivity contribution is 0.102. The van der Waals surface area contributed by atoms with Gasteiger partial charge in [0.05, 0.1) is 17.2 Å². The summed E-state index contributed by atoms with van der Waals surface area (Å²) in [6, 6.07) is 20.5.